The topological polar surface area (TPSA) is 124 Å². The van der Waals surface area contributed by atoms with Gasteiger partial charge in [-0.3, -0.25) is 10.1 Å². The van der Waals surface area contributed by atoms with Crippen molar-refractivity contribution in [3.8, 4) is 11.5 Å². The molecule has 324 valence electrons. The quantitative estimate of drug-likeness (QED) is 0.0171. The van der Waals surface area contributed by atoms with Crippen LogP contribution in [0.5, 0.6) is 11.5 Å². The van der Waals surface area contributed by atoms with Gasteiger partial charge < -0.3 is 42.8 Å². The van der Waals surface area contributed by atoms with E-state index in [-0.39, 0.29) is 10.6 Å². The maximum atomic E-state index is 11.5. The highest BCUT2D eigenvalue weighted by molar-refractivity contribution is 8.03. The molecule has 1 aliphatic rings. The minimum Gasteiger partial charge on any atom is -0.491 e. The third kappa shape index (κ3) is 14.4. The van der Waals surface area contributed by atoms with E-state index in [1.165, 1.54) is 0 Å². The minimum atomic E-state index is -0.373. The Balaban J connectivity index is 1.31. The van der Waals surface area contributed by atoms with E-state index in [2.05, 4.69) is 71.9 Å². The summed E-state index contributed by atoms with van der Waals surface area (Å²) in [6.45, 7) is 12.1. The number of nitro benzene ring substituents is 1. The van der Waals surface area contributed by atoms with Gasteiger partial charge in [-0.1, -0.05) is 43.0 Å². The number of fused-ring (bicyclic) bond motifs is 2. The molecule has 0 spiro atoms. The lowest BCUT2D eigenvalue weighted by Crippen LogP contribution is -2.34. The number of rotatable bonds is 29. The van der Waals surface area contributed by atoms with Crippen LogP contribution in [0.2, 0.25) is 0 Å². The van der Waals surface area contributed by atoms with Gasteiger partial charge in [-0.15, -0.1) is 0 Å². The molecule has 1 aliphatic heterocycles. The SMILES string of the molecule is CCCN1/C(=C/C=C(/C=C/c2sc3cc(OCCOCCOCCOC)ccc3[n+]2CCC)c2ccc([N+](=O)[O-])cc2)Sc2cc(OCCOCCOCCOC)ccc21. The number of thioether (sulfide) groups is 1. The van der Waals surface area contributed by atoms with Gasteiger partial charge in [-0.2, -0.15) is 4.57 Å². The first-order valence-electron chi connectivity index (χ1n) is 20.4. The Bertz CT molecular complexity index is 2020. The van der Waals surface area contributed by atoms with Crippen LogP contribution in [-0.2, 0) is 35.0 Å². The van der Waals surface area contributed by atoms with Gasteiger partial charge in [0.25, 0.3) is 10.7 Å². The number of hydrogen-bond donors (Lipinski definition) is 0. The predicted octanol–water partition coefficient (Wildman–Crippen LogP) is 8.58. The zero-order valence-corrected chi connectivity index (χ0v) is 36.8. The summed E-state index contributed by atoms with van der Waals surface area (Å²) in [5.74, 6) is 1.58. The molecule has 60 heavy (non-hydrogen) atoms. The highest BCUT2D eigenvalue weighted by Crippen LogP contribution is 2.47. The first kappa shape index (κ1) is 46.7. The second-order valence-electron chi connectivity index (χ2n) is 13.5. The van der Waals surface area contributed by atoms with E-state index in [1.54, 1.807) is 49.5 Å². The molecule has 2 heterocycles. The fourth-order valence-electron chi connectivity index (χ4n) is 6.22. The van der Waals surface area contributed by atoms with Gasteiger partial charge in [0.2, 0.25) is 5.52 Å². The highest BCUT2D eigenvalue weighted by Gasteiger charge is 2.25. The van der Waals surface area contributed by atoms with Crippen LogP contribution in [0.4, 0.5) is 11.4 Å². The molecule has 15 heteroatoms. The average molecular weight is 865 g/mol. The number of aromatic nitrogens is 1. The van der Waals surface area contributed by atoms with Crippen LogP contribution in [-0.4, -0.2) is 105 Å². The molecule has 3 aromatic carbocycles. The summed E-state index contributed by atoms with van der Waals surface area (Å²) >= 11 is 3.40. The monoisotopic (exact) mass is 864 g/mol. The number of aryl methyl sites for hydroxylation is 1. The summed E-state index contributed by atoms with van der Waals surface area (Å²) < 4.78 is 47.7. The smallest absolute Gasteiger partial charge is 0.269 e. The number of nitro groups is 1. The van der Waals surface area contributed by atoms with Gasteiger partial charge in [-0.05, 0) is 66.1 Å². The van der Waals surface area contributed by atoms with Crippen LogP contribution in [0.15, 0.2) is 88.8 Å². The largest absolute Gasteiger partial charge is 0.491 e. The molecule has 0 aliphatic carbocycles. The van der Waals surface area contributed by atoms with Gasteiger partial charge in [0.1, 0.15) is 36.0 Å². The molecule has 0 saturated heterocycles. The van der Waals surface area contributed by atoms with E-state index in [4.69, 9.17) is 37.9 Å². The molecule has 0 fully saturated rings. The van der Waals surface area contributed by atoms with Crippen LogP contribution in [0.1, 0.15) is 37.3 Å². The summed E-state index contributed by atoms with van der Waals surface area (Å²) in [7, 11) is 3.30. The predicted molar refractivity (Wildman–Crippen MR) is 238 cm³/mol. The number of hydrogen-bond acceptors (Lipinski definition) is 13. The number of benzene rings is 3. The Labute approximate surface area is 361 Å². The normalized spacial score (nSPS) is 13.6. The lowest BCUT2D eigenvalue weighted by atomic mass is 10.0. The standard InChI is InChI=1S/C45H58N3O10S2/c1-5-19-46-40-15-13-38(57-31-29-55-27-25-53-23-21-51-3)33-42(40)59-44(46)17-9-36(35-7-11-37(12-8-35)48(49)50)10-18-45-47(20-6-2)41-16-14-39(34-43(41)60-45)58-32-30-56-28-26-54-24-22-52-4/h7-18,33-34H,5-6,19-32H2,1-4H3/q+1. The van der Waals surface area contributed by atoms with Crippen molar-refractivity contribution in [3.05, 3.63) is 105 Å². The fraction of sp³-hybridized carbons (Fsp3) is 0.444. The number of allylic oxidation sites excluding steroid dienone is 4. The lowest BCUT2D eigenvalue weighted by Gasteiger charge is -2.19. The number of methoxy groups -OCH3 is 2. The highest BCUT2D eigenvalue weighted by atomic mass is 32.2. The first-order chi connectivity index (χ1) is 29.4. The van der Waals surface area contributed by atoms with Gasteiger partial charge in [-0.25, -0.2) is 0 Å². The molecule has 5 rings (SSSR count). The number of non-ortho nitro benzene ring substituents is 1. The van der Waals surface area contributed by atoms with E-state index in [0.717, 1.165) is 79.4 Å². The molecule has 0 amide bonds. The number of anilines is 1. The molecule has 4 aromatic rings. The lowest BCUT2D eigenvalue weighted by molar-refractivity contribution is -0.668. The van der Waals surface area contributed by atoms with Gasteiger partial charge in [0, 0.05) is 62.4 Å². The molecular weight excluding hydrogens is 807 g/mol. The van der Waals surface area contributed by atoms with E-state index < -0.39 is 0 Å². The number of ether oxygens (including phenoxy) is 8. The van der Waals surface area contributed by atoms with Crippen LogP contribution in [0.3, 0.4) is 0 Å². The van der Waals surface area contributed by atoms with Crippen LogP contribution >= 0.6 is 23.1 Å². The van der Waals surface area contributed by atoms with Crippen molar-refractivity contribution < 1.29 is 47.4 Å². The van der Waals surface area contributed by atoms with Gasteiger partial charge in [0.05, 0.1) is 81.7 Å². The van der Waals surface area contributed by atoms with E-state index in [0.29, 0.717) is 79.3 Å². The summed E-state index contributed by atoms with van der Waals surface area (Å²) in [5, 5.41) is 13.7. The second kappa shape index (κ2) is 26.1. The average Bonchev–Trinajstić information content (AvgIpc) is 3.78. The third-order valence-electron chi connectivity index (χ3n) is 9.12. The molecule has 13 nitrogen and oxygen atoms in total. The molecule has 0 radical (unpaired) electrons. The van der Waals surface area contributed by atoms with Crippen LogP contribution in [0.25, 0.3) is 21.9 Å². The molecular formula is C45H58N3O10S2+. The molecule has 0 N–H and O–H groups in total. The zero-order valence-electron chi connectivity index (χ0n) is 35.1. The van der Waals surface area contributed by atoms with Crippen molar-refractivity contribution in [2.24, 2.45) is 0 Å². The van der Waals surface area contributed by atoms with Crippen LogP contribution < -0.4 is 18.9 Å². The van der Waals surface area contributed by atoms with Crippen molar-refractivity contribution in [1.82, 2.24) is 0 Å². The van der Waals surface area contributed by atoms with E-state index >= 15 is 0 Å². The Kier molecular flexibility index (Phi) is 20.3. The summed E-state index contributed by atoms with van der Waals surface area (Å²) in [5.41, 5.74) is 4.12. The van der Waals surface area contributed by atoms with Crippen molar-refractivity contribution in [1.29, 1.82) is 0 Å². The first-order valence-corrected chi connectivity index (χ1v) is 22.0. The molecule has 0 unspecified atom stereocenters. The maximum absolute atomic E-state index is 11.5. The van der Waals surface area contributed by atoms with Crippen molar-refractivity contribution in [2.45, 2.75) is 38.1 Å². The molecule has 0 bridgehead atoms. The second-order valence-corrected chi connectivity index (χ2v) is 15.6. The van der Waals surface area contributed by atoms with Crippen molar-refractivity contribution in [2.75, 3.05) is 105 Å². The summed E-state index contributed by atoms with van der Waals surface area (Å²) in [6, 6.07) is 19.1. The summed E-state index contributed by atoms with van der Waals surface area (Å²) in [6.07, 6.45) is 10.4. The van der Waals surface area contributed by atoms with Gasteiger partial charge >= 0.3 is 0 Å². The fourth-order valence-corrected chi connectivity index (χ4v) is 8.46. The van der Waals surface area contributed by atoms with Crippen molar-refractivity contribution in [3.63, 3.8) is 0 Å². The Hall–Kier alpha value is -4.32. The van der Waals surface area contributed by atoms with E-state index in [1.807, 2.05) is 24.3 Å². The Morgan fingerprint density at radius 1 is 0.750 bits per heavy atom. The third-order valence-corrected chi connectivity index (χ3v) is 11.3. The Morgan fingerprint density at radius 3 is 1.95 bits per heavy atom. The van der Waals surface area contributed by atoms with Crippen LogP contribution in [0, 0.1) is 10.1 Å². The zero-order chi connectivity index (χ0) is 42.4. The summed E-state index contributed by atoms with van der Waals surface area (Å²) in [4.78, 5) is 14.6. The minimum absolute atomic E-state index is 0.0507. The Morgan fingerprint density at radius 2 is 1.35 bits per heavy atom. The number of thiazole rings is 1. The number of nitrogens with zero attached hydrogens (tertiary/aromatic N) is 3. The molecule has 0 atom stereocenters. The maximum Gasteiger partial charge on any atom is 0.269 e. The molecule has 1 aromatic heterocycles. The molecule has 0 saturated carbocycles. The van der Waals surface area contributed by atoms with Crippen molar-refractivity contribution >= 4 is 56.3 Å². The van der Waals surface area contributed by atoms with E-state index in [9.17, 15) is 10.1 Å². The van der Waals surface area contributed by atoms with Gasteiger partial charge in [0.15, 0.2) is 0 Å².